The van der Waals surface area contributed by atoms with Gasteiger partial charge >= 0.3 is 0 Å². The molecule has 0 amide bonds. The molecule has 1 aliphatic heterocycles. The van der Waals surface area contributed by atoms with E-state index in [4.69, 9.17) is 12.2 Å². The van der Waals surface area contributed by atoms with Crippen molar-refractivity contribution >= 4 is 23.3 Å². The Morgan fingerprint density at radius 3 is 2.70 bits per heavy atom. The van der Waals surface area contributed by atoms with Crippen molar-refractivity contribution in [3.63, 3.8) is 0 Å². The van der Waals surface area contributed by atoms with E-state index in [0.717, 1.165) is 11.4 Å². The lowest BCUT2D eigenvalue weighted by Gasteiger charge is -2.35. The molecule has 0 saturated carbocycles. The van der Waals surface area contributed by atoms with Crippen LogP contribution in [-0.4, -0.2) is 26.6 Å². The Morgan fingerprint density at radius 1 is 1.20 bits per heavy atom. The number of piperidine rings is 1. The van der Waals surface area contributed by atoms with E-state index in [1.165, 1.54) is 43.3 Å². The Labute approximate surface area is 125 Å². The minimum atomic E-state index is 0.713. The van der Waals surface area contributed by atoms with E-state index in [1.807, 2.05) is 0 Å². The van der Waals surface area contributed by atoms with E-state index in [1.54, 1.807) is 0 Å². The van der Waals surface area contributed by atoms with Gasteiger partial charge in [-0.3, -0.25) is 4.90 Å². The number of para-hydroxylation sites is 2. The second kappa shape index (κ2) is 5.70. The Kier molecular flexibility index (Phi) is 3.94. The predicted molar refractivity (Wildman–Crippen MR) is 86.4 cm³/mol. The van der Waals surface area contributed by atoms with Gasteiger partial charge in [0, 0.05) is 19.6 Å². The molecule has 0 radical (unpaired) electrons. The standard InChI is InChI=1S/C16H23N3S/c1-3-13-8-6-7-11-18(13)12-19-15-10-5-4-9-14(15)17(2)16(19)20/h4-5,9-10,13H,3,6-8,11-12H2,1-2H3/t13-/m0/s1. The molecule has 4 heteroatoms. The van der Waals surface area contributed by atoms with E-state index < -0.39 is 0 Å². The summed E-state index contributed by atoms with van der Waals surface area (Å²) in [7, 11) is 2.06. The molecule has 2 heterocycles. The Morgan fingerprint density at radius 2 is 1.95 bits per heavy atom. The number of hydrogen-bond donors (Lipinski definition) is 0. The van der Waals surface area contributed by atoms with E-state index in [2.05, 4.69) is 52.3 Å². The second-order valence-electron chi connectivity index (χ2n) is 5.77. The summed E-state index contributed by atoms with van der Waals surface area (Å²) in [6, 6.07) is 9.22. The average Bonchev–Trinajstić information content (AvgIpc) is 2.73. The normalized spacial score (nSPS) is 20.6. The monoisotopic (exact) mass is 289 g/mol. The number of imidazole rings is 1. The maximum absolute atomic E-state index is 5.64. The van der Waals surface area contributed by atoms with Crippen molar-refractivity contribution in [1.82, 2.24) is 14.0 Å². The first-order chi connectivity index (χ1) is 9.72. The van der Waals surface area contributed by atoms with Crippen molar-refractivity contribution in [2.45, 2.75) is 45.3 Å². The minimum absolute atomic E-state index is 0.713. The van der Waals surface area contributed by atoms with Crippen LogP contribution in [0.2, 0.25) is 0 Å². The van der Waals surface area contributed by atoms with E-state index in [-0.39, 0.29) is 0 Å². The second-order valence-corrected chi connectivity index (χ2v) is 6.14. The zero-order valence-electron chi connectivity index (χ0n) is 12.4. The fraction of sp³-hybridized carbons (Fsp3) is 0.562. The Balaban J connectivity index is 1.98. The number of aromatic nitrogens is 2. The van der Waals surface area contributed by atoms with Gasteiger partial charge < -0.3 is 9.13 Å². The maximum atomic E-state index is 5.64. The molecule has 1 aromatic heterocycles. The molecular weight excluding hydrogens is 266 g/mol. The molecule has 1 saturated heterocycles. The lowest BCUT2D eigenvalue weighted by Crippen LogP contribution is -2.40. The van der Waals surface area contributed by atoms with Gasteiger partial charge in [-0.1, -0.05) is 25.5 Å². The highest BCUT2D eigenvalue weighted by molar-refractivity contribution is 7.71. The maximum Gasteiger partial charge on any atom is 0.181 e. The van der Waals surface area contributed by atoms with Gasteiger partial charge in [0.05, 0.1) is 17.7 Å². The highest BCUT2D eigenvalue weighted by Crippen LogP contribution is 2.23. The summed E-state index contributed by atoms with van der Waals surface area (Å²) < 4.78 is 5.33. The highest BCUT2D eigenvalue weighted by atomic mass is 32.1. The lowest BCUT2D eigenvalue weighted by molar-refractivity contribution is 0.108. The van der Waals surface area contributed by atoms with E-state index >= 15 is 0 Å². The predicted octanol–water partition coefficient (Wildman–Crippen LogP) is 3.93. The fourth-order valence-electron chi connectivity index (χ4n) is 3.39. The summed E-state index contributed by atoms with van der Waals surface area (Å²) in [5.74, 6) is 0. The molecule has 0 bridgehead atoms. The summed E-state index contributed by atoms with van der Waals surface area (Å²) in [5.41, 5.74) is 2.47. The molecule has 108 valence electrons. The largest absolute Gasteiger partial charge is 0.320 e. The van der Waals surface area contributed by atoms with Gasteiger partial charge in [-0.15, -0.1) is 0 Å². The van der Waals surface area contributed by atoms with Gasteiger partial charge in [0.15, 0.2) is 4.77 Å². The summed E-state index contributed by atoms with van der Waals surface area (Å²) in [6.45, 7) is 4.42. The zero-order valence-corrected chi connectivity index (χ0v) is 13.2. The molecular formula is C16H23N3S. The average molecular weight is 289 g/mol. The van der Waals surface area contributed by atoms with E-state index in [0.29, 0.717) is 6.04 Å². The molecule has 3 nitrogen and oxygen atoms in total. The molecule has 1 atom stereocenters. The molecule has 0 aliphatic carbocycles. The molecule has 0 N–H and O–H groups in total. The van der Waals surface area contributed by atoms with Crippen molar-refractivity contribution in [1.29, 1.82) is 0 Å². The zero-order chi connectivity index (χ0) is 14.1. The third-order valence-electron chi connectivity index (χ3n) is 4.60. The third kappa shape index (κ3) is 2.31. The number of nitrogens with zero attached hydrogens (tertiary/aromatic N) is 3. The van der Waals surface area contributed by atoms with Crippen molar-refractivity contribution in [3.05, 3.63) is 29.0 Å². The number of likely N-dealkylation sites (tertiary alicyclic amines) is 1. The van der Waals surface area contributed by atoms with Gasteiger partial charge in [0.2, 0.25) is 0 Å². The van der Waals surface area contributed by atoms with Crippen molar-refractivity contribution < 1.29 is 0 Å². The number of benzene rings is 1. The minimum Gasteiger partial charge on any atom is -0.320 e. The quantitative estimate of drug-likeness (QED) is 0.794. The van der Waals surface area contributed by atoms with Crippen LogP contribution >= 0.6 is 12.2 Å². The molecule has 0 unspecified atom stereocenters. The van der Waals surface area contributed by atoms with Crippen LogP contribution < -0.4 is 0 Å². The van der Waals surface area contributed by atoms with Gasteiger partial charge in [-0.2, -0.15) is 0 Å². The SMILES string of the molecule is CC[C@H]1CCCCN1Cn1c(=S)n(C)c2ccccc21. The lowest BCUT2D eigenvalue weighted by atomic mass is 10.0. The fourth-order valence-corrected chi connectivity index (χ4v) is 3.64. The van der Waals surface area contributed by atoms with Crippen molar-refractivity contribution in [2.24, 2.45) is 7.05 Å². The first-order valence-corrected chi connectivity index (χ1v) is 8.01. The molecule has 1 aliphatic rings. The highest BCUT2D eigenvalue weighted by Gasteiger charge is 2.22. The molecule has 0 spiro atoms. The first-order valence-electron chi connectivity index (χ1n) is 7.60. The first kappa shape index (κ1) is 13.8. The molecule has 20 heavy (non-hydrogen) atoms. The van der Waals surface area contributed by atoms with Crippen molar-refractivity contribution in [2.75, 3.05) is 6.54 Å². The van der Waals surface area contributed by atoms with Crippen LogP contribution in [0.5, 0.6) is 0 Å². The summed E-state index contributed by atoms with van der Waals surface area (Å²) in [6.07, 6.45) is 5.25. The number of aryl methyl sites for hydroxylation is 1. The smallest absolute Gasteiger partial charge is 0.181 e. The topological polar surface area (TPSA) is 13.1 Å². The van der Waals surface area contributed by atoms with Crippen LogP contribution in [0.4, 0.5) is 0 Å². The van der Waals surface area contributed by atoms with Crippen molar-refractivity contribution in [3.8, 4) is 0 Å². The Hall–Kier alpha value is -1.13. The van der Waals surface area contributed by atoms with Crippen LogP contribution in [0.1, 0.15) is 32.6 Å². The third-order valence-corrected chi connectivity index (χ3v) is 5.09. The molecule has 1 fully saturated rings. The number of rotatable bonds is 3. The van der Waals surface area contributed by atoms with Gasteiger partial charge in [0.1, 0.15) is 0 Å². The van der Waals surface area contributed by atoms with Crippen LogP contribution in [0.15, 0.2) is 24.3 Å². The van der Waals surface area contributed by atoms with Crippen LogP contribution in [0, 0.1) is 4.77 Å². The molecule has 2 aromatic rings. The van der Waals surface area contributed by atoms with E-state index in [9.17, 15) is 0 Å². The summed E-state index contributed by atoms with van der Waals surface area (Å²) in [5, 5.41) is 0. The number of hydrogen-bond acceptors (Lipinski definition) is 2. The van der Waals surface area contributed by atoms with Gasteiger partial charge in [-0.05, 0) is 43.6 Å². The van der Waals surface area contributed by atoms with Crippen LogP contribution in [0.25, 0.3) is 11.0 Å². The van der Waals surface area contributed by atoms with Crippen LogP contribution in [-0.2, 0) is 13.7 Å². The van der Waals surface area contributed by atoms with Gasteiger partial charge in [0.25, 0.3) is 0 Å². The van der Waals surface area contributed by atoms with Crippen LogP contribution in [0.3, 0.4) is 0 Å². The Bertz CT molecular complexity index is 655. The number of fused-ring (bicyclic) bond motifs is 1. The molecule has 3 rings (SSSR count). The summed E-state index contributed by atoms with van der Waals surface area (Å²) >= 11 is 5.64. The van der Waals surface area contributed by atoms with Gasteiger partial charge in [-0.25, -0.2) is 0 Å². The summed E-state index contributed by atoms with van der Waals surface area (Å²) in [4.78, 5) is 2.60. The molecule has 1 aromatic carbocycles.